The van der Waals surface area contributed by atoms with Crippen LogP contribution in [-0.4, -0.2) is 28.5 Å². The standard InChI is InChI=1S/C25H30N4O3/c1-4-5-15-29-25(31)22-9-7-6-8-21(22)23(28-29)24(30)27-26-17-19-10-12-20(13-11-19)32-16-14-18(2)3/h6-13,17-18H,4-5,14-16H2,1-3H3,(H,27,30). The van der Waals surface area contributed by atoms with Crippen molar-refractivity contribution in [1.29, 1.82) is 0 Å². The second kappa shape index (κ2) is 11.2. The highest BCUT2D eigenvalue weighted by Gasteiger charge is 2.16. The van der Waals surface area contributed by atoms with Gasteiger partial charge in [-0.3, -0.25) is 9.59 Å². The topological polar surface area (TPSA) is 85.6 Å². The van der Waals surface area contributed by atoms with Gasteiger partial charge in [0.15, 0.2) is 5.69 Å². The van der Waals surface area contributed by atoms with Crippen LogP contribution in [0.1, 0.15) is 56.1 Å². The van der Waals surface area contributed by atoms with Crippen LogP contribution in [0, 0.1) is 5.92 Å². The SMILES string of the molecule is CCCCn1nc(C(=O)NN=Cc2ccc(OCCC(C)C)cc2)c2ccccc2c1=O. The van der Waals surface area contributed by atoms with Gasteiger partial charge >= 0.3 is 0 Å². The summed E-state index contributed by atoms with van der Waals surface area (Å²) in [6, 6.07) is 14.5. The van der Waals surface area contributed by atoms with Gasteiger partial charge < -0.3 is 4.74 Å². The lowest BCUT2D eigenvalue weighted by Gasteiger charge is -2.09. The number of amides is 1. The summed E-state index contributed by atoms with van der Waals surface area (Å²) in [5.74, 6) is 0.941. The van der Waals surface area contributed by atoms with Gasteiger partial charge in [-0.05, 0) is 54.7 Å². The fraction of sp³-hybridized carbons (Fsp3) is 0.360. The zero-order valence-corrected chi connectivity index (χ0v) is 18.9. The molecule has 1 heterocycles. The van der Waals surface area contributed by atoms with Crippen LogP contribution >= 0.6 is 0 Å². The second-order valence-electron chi connectivity index (χ2n) is 8.08. The molecule has 0 aliphatic rings. The Balaban J connectivity index is 1.71. The van der Waals surface area contributed by atoms with E-state index in [0.29, 0.717) is 29.8 Å². The van der Waals surface area contributed by atoms with E-state index < -0.39 is 5.91 Å². The second-order valence-corrected chi connectivity index (χ2v) is 8.08. The number of aryl methyl sites for hydroxylation is 1. The highest BCUT2D eigenvalue weighted by molar-refractivity contribution is 6.04. The molecule has 0 aliphatic heterocycles. The summed E-state index contributed by atoms with van der Waals surface area (Å²) in [5.41, 5.74) is 3.34. The lowest BCUT2D eigenvalue weighted by molar-refractivity contribution is 0.0949. The number of aromatic nitrogens is 2. The Labute approximate surface area is 188 Å². The third-order valence-corrected chi connectivity index (χ3v) is 5.03. The lowest BCUT2D eigenvalue weighted by atomic mass is 10.1. The molecule has 0 bridgehead atoms. The Morgan fingerprint density at radius 2 is 1.88 bits per heavy atom. The highest BCUT2D eigenvalue weighted by atomic mass is 16.5. The summed E-state index contributed by atoms with van der Waals surface area (Å²) in [4.78, 5) is 25.5. The van der Waals surface area contributed by atoms with Gasteiger partial charge in [-0.1, -0.05) is 45.4 Å². The maximum Gasteiger partial charge on any atom is 0.292 e. The summed E-state index contributed by atoms with van der Waals surface area (Å²) >= 11 is 0. The number of carbonyl (C=O) groups is 1. The van der Waals surface area contributed by atoms with Gasteiger partial charge in [-0.25, -0.2) is 10.1 Å². The van der Waals surface area contributed by atoms with Gasteiger partial charge in [0.05, 0.1) is 18.2 Å². The Hall–Kier alpha value is -3.48. The number of hydrogen-bond donors (Lipinski definition) is 1. The minimum Gasteiger partial charge on any atom is -0.494 e. The third kappa shape index (κ3) is 6.03. The first kappa shape index (κ1) is 23.2. The molecule has 0 unspecified atom stereocenters. The number of nitrogens with one attached hydrogen (secondary N) is 1. The molecule has 0 saturated heterocycles. The number of hydrogen-bond acceptors (Lipinski definition) is 5. The molecule has 0 spiro atoms. The average molecular weight is 435 g/mol. The van der Waals surface area contributed by atoms with Crippen molar-refractivity contribution in [3.05, 3.63) is 70.1 Å². The number of unbranched alkanes of at least 4 members (excludes halogenated alkanes) is 1. The van der Waals surface area contributed by atoms with E-state index in [1.165, 1.54) is 4.68 Å². The number of hydrazone groups is 1. The van der Waals surface area contributed by atoms with E-state index in [2.05, 4.69) is 29.5 Å². The zero-order valence-electron chi connectivity index (χ0n) is 18.9. The molecule has 0 fully saturated rings. The van der Waals surface area contributed by atoms with Crippen LogP contribution in [0.25, 0.3) is 10.8 Å². The molecule has 32 heavy (non-hydrogen) atoms. The summed E-state index contributed by atoms with van der Waals surface area (Å²) in [6.45, 7) is 7.52. The first-order chi connectivity index (χ1) is 15.5. The minimum absolute atomic E-state index is 0.183. The Morgan fingerprint density at radius 3 is 2.56 bits per heavy atom. The number of nitrogens with zero attached hydrogens (tertiary/aromatic N) is 3. The molecule has 3 rings (SSSR count). The van der Waals surface area contributed by atoms with E-state index in [-0.39, 0.29) is 11.3 Å². The van der Waals surface area contributed by atoms with Crippen molar-refractivity contribution in [2.45, 2.75) is 46.6 Å². The van der Waals surface area contributed by atoms with Crippen molar-refractivity contribution in [3.63, 3.8) is 0 Å². The molecule has 0 radical (unpaired) electrons. The first-order valence-corrected chi connectivity index (χ1v) is 11.1. The highest BCUT2D eigenvalue weighted by Crippen LogP contribution is 2.14. The number of fused-ring (bicyclic) bond motifs is 1. The van der Waals surface area contributed by atoms with Gasteiger partial charge in [0, 0.05) is 11.9 Å². The van der Waals surface area contributed by atoms with Gasteiger partial charge in [-0.2, -0.15) is 10.2 Å². The molecule has 2 aromatic carbocycles. The summed E-state index contributed by atoms with van der Waals surface area (Å²) in [5, 5.41) is 9.37. The molecule has 7 heteroatoms. The number of benzene rings is 2. The van der Waals surface area contributed by atoms with Gasteiger partial charge in [-0.15, -0.1) is 0 Å². The van der Waals surface area contributed by atoms with E-state index in [1.807, 2.05) is 31.2 Å². The predicted octanol–water partition coefficient (Wildman–Crippen LogP) is 4.39. The molecular weight excluding hydrogens is 404 g/mol. The molecular formula is C25H30N4O3. The average Bonchev–Trinajstić information content (AvgIpc) is 2.79. The molecule has 1 amide bonds. The van der Waals surface area contributed by atoms with E-state index >= 15 is 0 Å². The fourth-order valence-corrected chi connectivity index (χ4v) is 3.14. The first-order valence-electron chi connectivity index (χ1n) is 11.1. The number of ether oxygens (including phenoxy) is 1. The van der Waals surface area contributed by atoms with Crippen LogP contribution in [0.5, 0.6) is 5.75 Å². The number of carbonyl (C=O) groups excluding carboxylic acids is 1. The van der Waals surface area contributed by atoms with Gasteiger partial charge in [0.1, 0.15) is 5.75 Å². The maximum absolute atomic E-state index is 12.8. The van der Waals surface area contributed by atoms with Crippen molar-refractivity contribution in [1.82, 2.24) is 15.2 Å². The zero-order chi connectivity index (χ0) is 22.9. The van der Waals surface area contributed by atoms with Crippen LogP contribution in [-0.2, 0) is 6.54 Å². The Bertz CT molecular complexity index is 1130. The normalized spacial score (nSPS) is 11.4. The lowest BCUT2D eigenvalue weighted by Crippen LogP contribution is -2.29. The molecule has 1 N–H and O–H groups in total. The van der Waals surface area contributed by atoms with Crippen molar-refractivity contribution >= 4 is 22.9 Å². The van der Waals surface area contributed by atoms with E-state index in [0.717, 1.165) is 30.6 Å². The van der Waals surface area contributed by atoms with Crippen LogP contribution < -0.4 is 15.7 Å². The monoisotopic (exact) mass is 434 g/mol. The van der Waals surface area contributed by atoms with E-state index in [1.54, 1.807) is 30.5 Å². The number of rotatable bonds is 10. The molecule has 7 nitrogen and oxygen atoms in total. The Kier molecular flexibility index (Phi) is 8.14. The van der Waals surface area contributed by atoms with Crippen LogP contribution in [0.2, 0.25) is 0 Å². The van der Waals surface area contributed by atoms with Crippen molar-refractivity contribution in [2.24, 2.45) is 11.0 Å². The quantitative estimate of drug-likeness (QED) is 0.379. The molecule has 3 aromatic rings. The van der Waals surface area contributed by atoms with Crippen LogP contribution in [0.3, 0.4) is 0 Å². The largest absolute Gasteiger partial charge is 0.494 e. The molecule has 1 aromatic heterocycles. The maximum atomic E-state index is 12.8. The predicted molar refractivity (Wildman–Crippen MR) is 127 cm³/mol. The van der Waals surface area contributed by atoms with Crippen LogP contribution in [0.4, 0.5) is 0 Å². The third-order valence-electron chi connectivity index (χ3n) is 5.03. The minimum atomic E-state index is -0.462. The fourth-order valence-electron chi connectivity index (χ4n) is 3.14. The van der Waals surface area contributed by atoms with Crippen molar-refractivity contribution in [3.8, 4) is 5.75 Å². The summed E-state index contributed by atoms with van der Waals surface area (Å²) < 4.78 is 7.08. The smallest absolute Gasteiger partial charge is 0.292 e. The molecule has 0 saturated carbocycles. The molecule has 0 atom stereocenters. The summed E-state index contributed by atoms with van der Waals surface area (Å²) in [7, 11) is 0. The molecule has 168 valence electrons. The van der Waals surface area contributed by atoms with Crippen molar-refractivity contribution in [2.75, 3.05) is 6.61 Å². The van der Waals surface area contributed by atoms with Gasteiger partial charge in [0.2, 0.25) is 0 Å². The van der Waals surface area contributed by atoms with Gasteiger partial charge in [0.25, 0.3) is 11.5 Å². The van der Waals surface area contributed by atoms with Crippen LogP contribution in [0.15, 0.2) is 58.4 Å². The van der Waals surface area contributed by atoms with Crippen molar-refractivity contribution < 1.29 is 9.53 Å². The van der Waals surface area contributed by atoms with E-state index in [9.17, 15) is 9.59 Å². The molecule has 0 aliphatic carbocycles. The Morgan fingerprint density at radius 1 is 1.16 bits per heavy atom. The van der Waals surface area contributed by atoms with E-state index in [4.69, 9.17) is 4.74 Å². The summed E-state index contributed by atoms with van der Waals surface area (Å²) in [6.07, 6.45) is 4.30.